The topological polar surface area (TPSA) is 47.0 Å². The van der Waals surface area contributed by atoms with Gasteiger partial charge in [-0.15, -0.1) is 11.3 Å². The summed E-state index contributed by atoms with van der Waals surface area (Å²) < 4.78 is 5.22. The van der Waals surface area contributed by atoms with Crippen molar-refractivity contribution >= 4 is 11.3 Å². The highest BCUT2D eigenvalue weighted by atomic mass is 32.1. The SMILES string of the molecule is COCc1sc(-c2cccc([C@@H]3CCCNC3)n2)nc1C. The summed E-state index contributed by atoms with van der Waals surface area (Å²) in [5.41, 5.74) is 3.21. The lowest BCUT2D eigenvalue weighted by Crippen LogP contribution is -2.28. The van der Waals surface area contributed by atoms with E-state index in [2.05, 4.69) is 28.5 Å². The maximum atomic E-state index is 5.22. The molecule has 4 nitrogen and oxygen atoms in total. The van der Waals surface area contributed by atoms with Crippen LogP contribution in [-0.2, 0) is 11.3 Å². The maximum Gasteiger partial charge on any atom is 0.142 e. The van der Waals surface area contributed by atoms with Crippen molar-refractivity contribution in [1.29, 1.82) is 0 Å². The Balaban J connectivity index is 1.86. The second-order valence-electron chi connectivity index (χ2n) is 5.45. The molecule has 0 aliphatic carbocycles. The van der Waals surface area contributed by atoms with Crippen LogP contribution in [0.1, 0.15) is 35.0 Å². The van der Waals surface area contributed by atoms with E-state index in [1.807, 2.05) is 6.92 Å². The molecule has 2 aromatic rings. The Hall–Kier alpha value is -1.30. The molecule has 0 spiro atoms. The highest BCUT2D eigenvalue weighted by molar-refractivity contribution is 7.15. The summed E-state index contributed by atoms with van der Waals surface area (Å²) in [5, 5.41) is 4.44. The van der Waals surface area contributed by atoms with Crippen LogP contribution in [-0.4, -0.2) is 30.2 Å². The van der Waals surface area contributed by atoms with Gasteiger partial charge in [-0.1, -0.05) is 6.07 Å². The van der Waals surface area contributed by atoms with Crippen LogP contribution in [0.3, 0.4) is 0 Å². The lowest BCUT2D eigenvalue weighted by atomic mass is 9.95. The average Bonchev–Trinajstić information content (AvgIpc) is 2.90. The van der Waals surface area contributed by atoms with Gasteiger partial charge in [0, 0.05) is 25.3 Å². The molecule has 3 heterocycles. The lowest BCUT2D eigenvalue weighted by Gasteiger charge is -2.22. The standard InChI is InChI=1S/C16H21N3OS/c1-11-15(10-20-2)21-16(18-11)14-7-3-6-13(19-14)12-5-4-8-17-9-12/h3,6-7,12,17H,4-5,8-10H2,1-2H3/t12-/m1/s1. The van der Waals surface area contributed by atoms with Crippen LogP contribution in [0.4, 0.5) is 0 Å². The number of thiazole rings is 1. The van der Waals surface area contributed by atoms with Gasteiger partial charge in [0.1, 0.15) is 5.01 Å². The van der Waals surface area contributed by atoms with Gasteiger partial charge in [0.05, 0.1) is 22.9 Å². The molecule has 3 rings (SSSR count). The van der Waals surface area contributed by atoms with Crippen molar-refractivity contribution in [3.8, 4) is 10.7 Å². The van der Waals surface area contributed by atoms with Crippen molar-refractivity contribution in [2.45, 2.75) is 32.3 Å². The van der Waals surface area contributed by atoms with E-state index >= 15 is 0 Å². The predicted octanol–water partition coefficient (Wildman–Crippen LogP) is 3.13. The number of nitrogens with one attached hydrogen (secondary N) is 1. The first kappa shape index (κ1) is 14.6. The summed E-state index contributed by atoms with van der Waals surface area (Å²) in [6, 6.07) is 6.28. The number of hydrogen-bond donors (Lipinski definition) is 1. The summed E-state index contributed by atoms with van der Waals surface area (Å²) in [6.45, 7) is 4.81. The van der Waals surface area contributed by atoms with Crippen LogP contribution in [0.15, 0.2) is 18.2 Å². The van der Waals surface area contributed by atoms with E-state index in [1.165, 1.54) is 23.4 Å². The zero-order chi connectivity index (χ0) is 14.7. The van der Waals surface area contributed by atoms with Crippen molar-refractivity contribution in [3.05, 3.63) is 34.5 Å². The first-order chi connectivity index (χ1) is 10.3. The molecule has 1 aliphatic heterocycles. The fraction of sp³-hybridized carbons (Fsp3) is 0.500. The molecule has 1 saturated heterocycles. The van der Waals surface area contributed by atoms with Crippen LogP contribution in [0.25, 0.3) is 10.7 Å². The monoisotopic (exact) mass is 303 g/mol. The molecule has 0 amide bonds. The van der Waals surface area contributed by atoms with E-state index in [9.17, 15) is 0 Å². The van der Waals surface area contributed by atoms with Gasteiger partial charge >= 0.3 is 0 Å². The van der Waals surface area contributed by atoms with Gasteiger partial charge in [-0.05, 0) is 38.4 Å². The van der Waals surface area contributed by atoms with E-state index in [4.69, 9.17) is 9.72 Å². The fourth-order valence-electron chi connectivity index (χ4n) is 2.70. The number of aromatic nitrogens is 2. The molecule has 1 fully saturated rings. The van der Waals surface area contributed by atoms with Crippen molar-refractivity contribution in [2.24, 2.45) is 0 Å². The Morgan fingerprint density at radius 2 is 2.29 bits per heavy atom. The van der Waals surface area contributed by atoms with Gasteiger partial charge in [-0.2, -0.15) is 0 Å². The van der Waals surface area contributed by atoms with E-state index < -0.39 is 0 Å². The highest BCUT2D eigenvalue weighted by Crippen LogP contribution is 2.29. The highest BCUT2D eigenvalue weighted by Gasteiger charge is 2.18. The zero-order valence-corrected chi connectivity index (χ0v) is 13.4. The van der Waals surface area contributed by atoms with Crippen molar-refractivity contribution in [3.63, 3.8) is 0 Å². The molecule has 112 valence electrons. The van der Waals surface area contributed by atoms with Gasteiger partial charge in [-0.3, -0.25) is 0 Å². The molecule has 0 bridgehead atoms. The average molecular weight is 303 g/mol. The number of rotatable bonds is 4. The summed E-state index contributed by atoms with van der Waals surface area (Å²) in [6.07, 6.45) is 2.44. The van der Waals surface area contributed by atoms with Crippen LogP contribution < -0.4 is 5.32 Å². The molecule has 0 aromatic carbocycles. The minimum absolute atomic E-state index is 0.526. The quantitative estimate of drug-likeness (QED) is 0.942. The van der Waals surface area contributed by atoms with Crippen LogP contribution in [0, 0.1) is 6.92 Å². The van der Waals surface area contributed by atoms with Crippen LogP contribution >= 0.6 is 11.3 Å². The van der Waals surface area contributed by atoms with E-state index in [0.717, 1.165) is 29.5 Å². The number of aryl methyl sites for hydroxylation is 1. The minimum atomic E-state index is 0.526. The largest absolute Gasteiger partial charge is 0.379 e. The number of hydrogen-bond acceptors (Lipinski definition) is 5. The Labute approximate surface area is 129 Å². The maximum absolute atomic E-state index is 5.22. The van der Waals surface area contributed by atoms with Crippen molar-refractivity contribution in [1.82, 2.24) is 15.3 Å². The van der Waals surface area contributed by atoms with Gasteiger partial charge in [0.25, 0.3) is 0 Å². The third kappa shape index (κ3) is 3.31. The Kier molecular flexibility index (Phi) is 4.63. The van der Waals surface area contributed by atoms with Gasteiger partial charge < -0.3 is 10.1 Å². The van der Waals surface area contributed by atoms with Crippen LogP contribution in [0.2, 0.25) is 0 Å². The molecule has 5 heteroatoms. The number of pyridine rings is 1. The Morgan fingerprint density at radius 3 is 3.05 bits per heavy atom. The lowest BCUT2D eigenvalue weighted by molar-refractivity contribution is 0.187. The first-order valence-corrected chi connectivity index (χ1v) is 8.23. The summed E-state index contributed by atoms with van der Waals surface area (Å²) in [7, 11) is 1.72. The van der Waals surface area contributed by atoms with Gasteiger partial charge in [0.15, 0.2) is 0 Å². The third-order valence-corrected chi connectivity index (χ3v) is 5.03. The molecule has 0 unspecified atom stereocenters. The smallest absolute Gasteiger partial charge is 0.142 e. The molecule has 21 heavy (non-hydrogen) atoms. The van der Waals surface area contributed by atoms with Gasteiger partial charge in [0.2, 0.25) is 0 Å². The molecule has 1 aliphatic rings. The number of methoxy groups -OCH3 is 1. The summed E-state index contributed by atoms with van der Waals surface area (Å²) in [5.74, 6) is 0.526. The number of piperidine rings is 1. The Morgan fingerprint density at radius 1 is 1.38 bits per heavy atom. The first-order valence-electron chi connectivity index (χ1n) is 7.41. The molecule has 0 saturated carbocycles. The second kappa shape index (κ2) is 6.64. The molecule has 1 atom stereocenters. The van der Waals surface area contributed by atoms with E-state index in [-0.39, 0.29) is 0 Å². The van der Waals surface area contributed by atoms with Crippen LogP contribution in [0.5, 0.6) is 0 Å². The van der Waals surface area contributed by atoms with Gasteiger partial charge in [-0.25, -0.2) is 9.97 Å². The molecular formula is C16H21N3OS. The van der Waals surface area contributed by atoms with Crippen molar-refractivity contribution < 1.29 is 4.74 Å². The second-order valence-corrected chi connectivity index (χ2v) is 6.54. The van der Waals surface area contributed by atoms with E-state index in [0.29, 0.717) is 12.5 Å². The van der Waals surface area contributed by atoms with Crippen molar-refractivity contribution in [2.75, 3.05) is 20.2 Å². The Bertz CT molecular complexity index is 605. The normalized spacial score (nSPS) is 18.9. The van der Waals surface area contributed by atoms with E-state index in [1.54, 1.807) is 18.4 Å². The number of ether oxygens (including phenoxy) is 1. The zero-order valence-electron chi connectivity index (χ0n) is 12.6. The summed E-state index contributed by atoms with van der Waals surface area (Å²) in [4.78, 5) is 10.7. The fourth-order valence-corrected chi connectivity index (χ4v) is 3.71. The molecule has 2 aromatic heterocycles. The molecule has 1 N–H and O–H groups in total. The minimum Gasteiger partial charge on any atom is -0.379 e. The third-order valence-electron chi connectivity index (χ3n) is 3.87. The molecular weight excluding hydrogens is 282 g/mol. The molecule has 0 radical (unpaired) electrons. The number of nitrogens with zero attached hydrogens (tertiary/aromatic N) is 2. The summed E-state index contributed by atoms with van der Waals surface area (Å²) >= 11 is 1.68. The predicted molar refractivity (Wildman–Crippen MR) is 85.6 cm³/mol.